The molecule has 8 nitrogen and oxygen atoms in total. The summed E-state index contributed by atoms with van der Waals surface area (Å²) in [5, 5.41) is 7.03. The van der Waals surface area contributed by atoms with Crippen LogP contribution in [0.15, 0.2) is 57.0 Å². The summed E-state index contributed by atoms with van der Waals surface area (Å²) in [6.45, 7) is 16.2. The van der Waals surface area contributed by atoms with Gasteiger partial charge in [0.15, 0.2) is 0 Å². The molecule has 0 fully saturated rings. The van der Waals surface area contributed by atoms with E-state index in [2.05, 4.69) is 42.7 Å². The van der Waals surface area contributed by atoms with Crippen LogP contribution in [0.1, 0.15) is 45.2 Å². The maximum atomic E-state index is 12.2. The maximum absolute atomic E-state index is 12.2. The maximum Gasteiger partial charge on any atom is 0.349 e. The van der Waals surface area contributed by atoms with Crippen molar-refractivity contribution < 1.29 is 4.74 Å². The number of aromatic amines is 1. The van der Waals surface area contributed by atoms with Crippen LogP contribution in [0.5, 0.6) is 5.75 Å². The van der Waals surface area contributed by atoms with Gasteiger partial charge in [-0.3, -0.25) is 9.78 Å². The van der Waals surface area contributed by atoms with Crippen LogP contribution in [0.3, 0.4) is 0 Å². The van der Waals surface area contributed by atoms with Gasteiger partial charge in [0.25, 0.3) is 5.56 Å². The number of likely N-dealkylation sites (N-methyl/N-ethyl adjacent to an activating group) is 1. The zero-order valence-corrected chi connectivity index (χ0v) is 19.9. The van der Waals surface area contributed by atoms with E-state index in [1.807, 2.05) is 33.9 Å². The molecule has 1 heterocycles. The second-order valence-electron chi connectivity index (χ2n) is 8.05. The summed E-state index contributed by atoms with van der Waals surface area (Å²) in [7, 11) is 1.85. The van der Waals surface area contributed by atoms with Crippen molar-refractivity contribution in [3.63, 3.8) is 0 Å². The van der Waals surface area contributed by atoms with Crippen LogP contribution in [-0.2, 0) is 0 Å². The highest BCUT2D eigenvalue weighted by atomic mass is 16.5. The Bertz CT molecular complexity index is 1180. The molecular formula is C24H33N5O3. The molecule has 8 heteroatoms. The van der Waals surface area contributed by atoms with Crippen molar-refractivity contribution in [3.05, 3.63) is 79.4 Å². The van der Waals surface area contributed by atoms with Gasteiger partial charge in [-0.05, 0) is 73.6 Å². The first-order valence-electron chi connectivity index (χ1n) is 10.6. The SMILES string of the molecule is C=C(NC)/C(=C\C(Oc1c(C)cc(-n2nc(N)c(=O)[nH]c2=O)cc1C)=C(/C)CC)C(C)C. The van der Waals surface area contributed by atoms with Crippen molar-refractivity contribution in [2.45, 2.75) is 48.0 Å². The lowest BCUT2D eigenvalue weighted by molar-refractivity contribution is 0.427. The van der Waals surface area contributed by atoms with E-state index >= 15 is 0 Å². The van der Waals surface area contributed by atoms with Crippen LogP contribution in [0.2, 0.25) is 0 Å². The lowest BCUT2D eigenvalue weighted by Crippen LogP contribution is -2.33. The molecule has 1 aromatic heterocycles. The molecule has 0 aliphatic heterocycles. The topological polar surface area (TPSA) is 115 Å². The van der Waals surface area contributed by atoms with Crippen molar-refractivity contribution in [3.8, 4) is 11.4 Å². The number of nitrogens with zero attached hydrogens (tertiary/aromatic N) is 2. The van der Waals surface area contributed by atoms with Crippen LogP contribution in [0, 0.1) is 19.8 Å². The van der Waals surface area contributed by atoms with Gasteiger partial charge in [0.2, 0.25) is 5.82 Å². The molecule has 0 saturated heterocycles. The van der Waals surface area contributed by atoms with E-state index in [-0.39, 0.29) is 11.7 Å². The van der Waals surface area contributed by atoms with Gasteiger partial charge in [-0.15, -0.1) is 5.10 Å². The van der Waals surface area contributed by atoms with Crippen molar-refractivity contribution in [2.24, 2.45) is 5.92 Å². The zero-order valence-electron chi connectivity index (χ0n) is 19.9. The number of nitrogens with one attached hydrogen (secondary N) is 2. The predicted molar refractivity (Wildman–Crippen MR) is 129 cm³/mol. The molecule has 0 amide bonds. The number of allylic oxidation sites excluding steroid dienone is 3. The van der Waals surface area contributed by atoms with E-state index in [1.165, 1.54) is 0 Å². The Balaban J connectivity index is 2.58. The Kier molecular flexibility index (Phi) is 7.86. The van der Waals surface area contributed by atoms with Crippen LogP contribution in [-0.4, -0.2) is 21.8 Å². The number of H-pyrrole nitrogens is 1. The van der Waals surface area contributed by atoms with Gasteiger partial charge in [0.05, 0.1) is 5.69 Å². The first-order valence-corrected chi connectivity index (χ1v) is 10.6. The fourth-order valence-corrected chi connectivity index (χ4v) is 3.21. The minimum Gasteiger partial charge on any atom is -0.457 e. The molecule has 0 bridgehead atoms. The highest BCUT2D eigenvalue weighted by molar-refractivity contribution is 5.50. The summed E-state index contributed by atoms with van der Waals surface area (Å²) < 4.78 is 7.48. The van der Waals surface area contributed by atoms with E-state index in [1.54, 1.807) is 12.1 Å². The summed E-state index contributed by atoms with van der Waals surface area (Å²) >= 11 is 0. The summed E-state index contributed by atoms with van der Waals surface area (Å²) in [6.07, 6.45) is 2.86. The molecule has 0 aliphatic rings. The third-order valence-corrected chi connectivity index (χ3v) is 5.26. The molecule has 0 saturated carbocycles. The second kappa shape index (κ2) is 10.2. The number of aryl methyl sites for hydroxylation is 2. The molecule has 0 atom stereocenters. The fourth-order valence-electron chi connectivity index (χ4n) is 3.21. The first-order chi connectivity index (χ1) is 15.0. The highest BCUT2D eigenvalue weighted by Crippen LogP contribution is 2.30. The molecule has 0 aliphatic carbocycles. The van der Waals surface area contributed by atoms with Crippen LogP contribution in [0.25, 0.3) is 5.69 Å². The highest BCUT2D eigenvalue weighted by Gasteiger charge is 2.15. The van der Waals surface area contributed by atoms with E-state index in [4.69, 9.17) is 10.5 Å². The smallest absolute Gasteiger partial charge is 0.349 e. The molecule has 0 radical (unpaired) electrons. The van der Waals surface area contributed by atoms with Gasteiger partial charge in [-0.25, -0.2) is 4.79 Å². The van der Waals surface area contributed by atoms with Gasteiger partial charge >= 0.3 is 5.69 Å². The van der Waals surface area contributed by atoms with Crippen molar-refractivity contribution in [2.75, 3.05) is 12.8 Å². The number of nitrogens with two attached hydrogens (primary N) is 1. The van der Waals surface area contributed by atoms with Gasteiger partial charge in [-0.2, -0.15) is 4.68 Å². The van der Waals surface area contributed by atoms with Gasteiger partial charge in [0, 0.05) is 12.7 Å². The first kappa shape index (κ1) is 24.7. The third-order valence-electron chi connectivity index (χ3n) is 5.26. The van der Waals surface area contributed by atoms with Crippen LogP contribution >= 0.6 is 0 Å². The molecule has 2 rings (SSSR count). The molecule has 0 spiro atoms. The predicted octanol–water partition coefficient (Wildman–Crippen LogP) is 3.50. The molecule has 4 N–H and O–H groups in total. The van der Waals surface area contributed by atoms with Crippen molar-refractivity contribution >= 4 is 5.82 Å². The van der Waals surface area contributed by atoms with Crippen LogP contribution < -0.4 is 27.0 Å². The number of hydrogen-bond acceptors (Lipinski definition) is 6. The molecule has 0 unspecified atom stereocenters. The van der Waals surface area contributed by atoms with E-state index in [0.717, 1.165) is 44.8 Å². The fraction of sp³-hybridized carbons (Fsp3) is 0.375. The van der Waals surface area contributed by atoms with Gasteiger partial charge in [0.1, 0.15) is 11.5 Å². The number of anilines is 1. The molecule has 172 valence electrons. The van der Waals surface area contributed by atoms with E-state index < -0.39 is 11.2 Å². The summed E-state index contributed by atoms with van der Waals surface area (Å²) in [4.78, 5) is 25.9. The van der Waals surface area contributed by atoms with Gasteiger partial charge in [-0.1, -0.05) is 27.4 Å². The van der Waals surface area contributed by atoms with Crippen molar-refractivity contribution in [1.82, 2.24) is 20.1 Å². The quantitative estimate of drug-likeness (QED) is 0.428. The number of ether oxygens (including phenoxy) is 1. The number of benzene rings is 1. The summed E-state index contributed by atoms with van der Waals surface area (Å²) in [5.41, 5.74) is 9.33. The Labute approximate surface area is 188 Å². The normalized spacial score (nSPS) is 12.6. The number of rotatable bonds is 8. The van der Waals surface area contributed by atoms with E-state index in [9.17, 15) is 9.59 Å². The average molecular weight is 440 g/mol. The van der Waals surface area contributed by atoms with Crippen molar-refractivity contribution in [1.29, 1.82) is 0 Å². The lowest BCUT2D eigenvalue weighted by atomic mass is 9.98. The Morgan fingerprint density at radius 3 is 2.41 bits per heavy atom. The van der Waals surface area contributed by atoms with Gasteiger partial charge < -0.3 is 15.8 Å². The minimum absolute atomic E-state index is 0.256. The number of hydrogen-bond donors (Lipinski definition) is 3. The monoisotopic (exact) mass is 439 g/mol. The molecule has 32 heavy (non-hydrogen) atoms. The number of aromatic nitrogens is 3. The third kappa shape index (κ3) is 5.38. The average Bonchev–Trinajstić information content (AvgIpc) is 2.73. The Morgan fingerprint density at radius 1 is 1.31 bits per heavy atom. The largest absolute Gasteiger partial charge is 0.457 e. The Morgan fingerprint density at radius 2 is 1.91 bits per heavy atom. The molecular weight excluding hydrogens is 406 g/mol. The summed E-state index contributed by atoms with van der Waals surface area (Å²) in [5.74, 6) is 1.43. The zero-order chi connectivity index (χ0) is 24.2. The summed E-state index contributed by atoms with van der Waals surface area (Å²) in [6, 6.07) is 3.54. The molecule has 1 aromatic carbocycles. The Hall–Kier alpha value is -3.55. The van der Waals surface area contributed by atoms with Crippen LogP contribution in [0.4, 0.5) is 5.82 Å². The lowest BCUT2D eigenvalue weighted by Gasteiger charge is -2.19. The number of nitrogen functional groups attached to an aromatic ring is 1. The second-order valence-corrected chi connectivity index (χ2v) is 8.05. The molecule has 2 aromatic rings. The minimum atomic E-state index is -0.708. The van der Waals surface area contributed by atoms with E-state index in [0.29, 0.717) is 11.4 Å². The standard InChI is InChI=1S/C24H33N5O3/c1-9-14(4)20(12-19(13(2)3)17(7)26-8)32-21-15(5)10-18(11-16(21)6)29-24(31)27-23(30)22(25)28-29/h10-13,26H,7,9H2,1-6,8H3,(H2,25,28)(H,27,30,31)/b19-12-,20-14-.